The first kappa shape index (κ1) is 14.7. The summed E-state index contributed by atoms with van der Waals surface area (Å²) in [5, 5.41) is 0. The van der Waals surface area contributed by atoms with Crippen molar-refractivity contribution < 1.29 is 14.3 Å². The lowest BCUT2D eigenvalue weighted by atomic mass is 9.84. The standard InChI is InChI=1S/C19H18O3/c1-19(22-2)17-7-3-13(11-20)9-15(17)5-6-16-10-14(12-21)4-8-18(16)19/h3-4,7-12H,5-6H2,1-2H3. The fourth-order valence-electron chi connectivity index (χ4n) is 3.35. The summed E-state index contributed by atoms with van der Waals surface area (Å²) in [6, 6.07) is 11.5. The van der Waals surface area contributed by atoms with Crippen molar-refractivity contribution >= 4 is 12.6 Å². The van der Waals surface area contributed by atoms with Crippen LogP contribution in [0.2, 0.25) is 0 Å². The van der Waals surface area contributed by atoms with Gasteiger partial charge >= 0.3 is 0 Å². The minimum Gasteiger partial charge on any atom is -0.369 e. The van der Waals surface area contributed by atoms with Gasteiger partial charge < -0.3 is 4.74 Å². The van der Waals surface area contributed by atoms with Crippen LogP contribution < -0.4 is 0 Å². The van der Waals surface area contributed by atoms with Gasteiger partial charge in [-0.2, -0.15) is 0 Å². The van der Waals surface area contributed by atoms with Crippen molar-refractivity contribution in [3.63, 3.8) is 0 Å². The Kier molecular flexibility index (Phi) is 3.67. The number of aldehydes is 2. The summed E-state index contributed by atoms with van der Waals surface area (Å²) in [6.07, 6.45) is 3.39. The van der Waals surface area contributed by atoms with Gasteiger partial charge in [0, 0.05) is 18.2 Å². The predicted molar refractivity (Wildman–Crippen MR) is 84.5 cm³/mol. The lowest BCUT2D eigenvalue weighted by Gasteiger charge is -2.31. The van der Waals surface area contributed by atoms with Crippen LogP contribution in [0.4, 0.5) is 0 Å². The van der Waals surface area contributed by atoms with Crippen molar-refractivity contribution in [2.45, 2.75) is 25.4 Å². The van der Waals surface area contributed by atoms with Gasteiger partial charge in [0.25, 0.3) is 0 Å². The van der Waals surface area contributed by atoms with Crippen molar-refractivity contribution in [2.24, 2.45) is 0 Å². The highest BCUT2D eigenvalue weighted by Gasteiger charge is 2.35. The van der Waals surface area contributed by atoms with E-state index >= 15 is 0 Å². The summed E-state index contributed by atoms with van der Waals surface area (Å²) < 4.78 is 5.88. The molecule has 0 bridgehead atoms. The topological polar surface area (TPSA) is 43.4 Å². The molecular formula is C19H18O3. The Hall–Kier alpha value is -2.26. The van der Waals surface area contributed by atoms with Gasteiger partial charge in [0.2, 0.25) is 0 Å². The Balaban J connectivity index is 2.23. The fraction of sp³-hybridized carbons (Fsp3) is 0.263. The molecule has 0 fully saturated rings. The molecule has 0 aromatic heterocycles. The third kappa shape index (κ3) is 2.18. The van der Waals surface area contributed by atoms with E-state index in [4.69, 9.17) is 4.74 Å². The average Bonchev–Trinajstić information content (AvgIpc) is 2.69. The highest BCUT2D eigenvalue weighted by Crippen LogP contribution is 2.40. The Morgan fingerprint density at radius 3 is 1.73 bits per heavy atom. The molecule has 0 atom stereocenters. The number of hydrogen-bond donors (Lipinski definition) is 0. The number of ether oxygens (including phenoxy) is 1. The number of aryl methyl sites for hydroxylation is 2. The summed E-state index contributed by atoms with van der Waals surface area (Å²) in [4.78, 5) is 22.1. The van der Waals surface area contributed by atoms with Crippen molar-refractivity contribution in [1.29, 1.82) is 0 Å². The molecule has 3 nitrogen and oxygen atoms in total. The minimum absolute atomic E-state index is 0.579. The molecule has 0 amide bonds. The lowest BCUT2D eigenvalue weighted by molar-refractivity contribution is 0.0385. The molecule has 3 rings (SSSR count). The lowest BCUT2D eigenvalue weighted by Crippen LogP contribution is -2.27. The summed E-state index contributed by atoms with van der Waals surface area (Å²) in [7, 11) is 1.69. The van der Waals surface area contributed by atoms with Gasteiger partial charge in [-0.15, -0.1) is 0 Å². The zero-order valence-corrected chi connectivity index (χ0v) is 12.8. The number of carbonyl (C=O) groups is 2. The monoisotopic (exact) mass is 294 g/mol. The molecule has 3 heteroatoms. The molecule has 0 saturated heterocycles. The van der Waals surface area contributed by atoms with Crippen LogP contribution in [-0.4, -0.2) is 19.7 Å². The number of benzene rings is 2. The normalized spacial score (nSPS) is 15.4. The van der Waals surface area contributed by atoms with Crippen molar-refractivity contribution in [2.75, 3.05) is 7.11 Å². The fourth-order valence-corrected chi connectivity index (χ4v) is 3.35. The second-order valence-corrected chi connectivity index (χ2v) is 5.81. The molecule has 2 aromatic carbocycles. The number of fused-ring (bicyclic) bond motifs is 2. The Morgan fingerprint density at radius 1 is 0.909 bits per heavy atom. The van der Waals surface area contributed by atoms with Crippen LogP contribution in [0.1, 0.15) is 49.9 Å². The third-order valence-electron chi connectivity index (χ3n) is 4.63. The van der Waals surface area contributed by atoms with Gasteiger partial charge in [-0.3, -0.25) is 9.59 Å². The molecule has 1 aliphatic rings. The summed E-state index contributed by atoms with van der Waals surface area (Å²) >= 11 is 0. The zero-order valence-electron chi connectivity index (χ0n) is 12.8. The van der Waals surface area contributed by atoms with Gasteiger partial charge in [-0.25, -0.2) is 0 Å². The molecule has 0 spiro atoms. The van der Waals surface area contributed by atoms with Crippen LogP contribution in [-0.2, 0) is 23.2 Å². The van der Waals surface area contributed by atoms with Crippen molar-refractivity contribution in [3.05, 3.63) is 69.8 Å². The molecule has 22 heavy (non-hydrogen) atoms. The molecule has 0 unspecified atom stereocenters. The third-order valence-corrected chi connectivity index (χ3v) is 4.63. The number of carbonyl (C=O) groups excluding carboxylic acids is 2. The molecule has 2 aromatic rings. The first-order valence-electron chi connectivity index (χ1n) is 7.34. The predicted octanol–water partition coefficient (Wildman–Crippen LogP) is 3.32. The number of methoxy groups -OCH3 is 1. The Bertz CT molecular complexity index is 687. The molecule has 0 saturated carbocycles. The number of hydrogen-bond acceptors (Lipinski definition) is 3. The molecular weight excluding hydrogens is 276 g/mol. The Labute approximate surface area is 129 Å². The van der Waals surface area contributed by atoms with Gasteiger partial charge in [-0.1, -0.05) is 24.3 Å². The van der Waals surface area contributed by atoms with E-state index in [9.17, 15) is 9.59 Å². The summed E-state index contributed by atoms with van der Waals surface area (Å²) in [6.45, 7) is 2.04. The van der Waals surface area contributed by atoms with Crippen molar-refractivity contribution in [1.82, 2.24) is 0 Å². The van der Waals surface area contributed by atoms with E-state index in [0.717, 1.165) is 47.7 Å². The quantitative estimate of drug-likeness (QED) is 0.816. The minimum atomic E-state index is -0.579. The van der Waals surface area contributed by atoms with E-state index in [0.29, 0.717) is 11.1 Å². The first-order valence-corrected chi connectivity index (χ1v) is 7.34. The largest absolute Gasteiger partial charge is 0.369 e. The van der Waals surface area contributed by atoms with E-state index in [1.807, 2.05) is 43.3 Å². The maximum absolute atomic E-state index is 11.0. The van der Waals surface area contributed by atoms with E-state index in [1.54, 1.807) is 7.11 Å². The second-order valence-electron chi connectivity index (χ2n) is 5.81. The van der Waals surface area contributed by atoms with E-state index in [2.05, 4.69) is 0 Å². The van der Waals surface area contributed by atoms with E-state index in [-0.39, 0.29) is 0 Å². The molecule has 0 aliphatic heterocycles. The van der Waals surface area contributed by atoms with Gasteiger partial charge in [-0.05, 0) is 54.2 Å². The first-order chi connectivity index (χ1) is 10.6. The van der Waals surface area contributed by atoms with Crippen LogP contribution in [0.3, 0.4) is 0 Å². The Morgan fingerprint density at radius 2 is 1.36 bits per heavy atom. The highest BCUT2D eigenvalue weighted by molar-refractivity contribution is 5.77. The van der Waals surface area contributed by atoms with Gasteiger partial charge in [0.15, 0.2) is 0 Å². The zero-order chi connectivity index (χ0) is 15.7. The smallest absolute Gasteiger partial charge is 0.150 e. The van der Waals surface area contributed by atoms with Crippen LogP contribution >= 0.6 is 0 Å². The maximum atomic E-state index is 11.0. The number of rotatable bonds is 3. The van der Waals surface area contributed by atoms with Gasteiger partial charge in [0.05, 0.1) is 0 Å². The van der Waals surface area contributed by atoms with Crippen LogP contribution in [0.5, 0.6) is 0 Å². The highest BCUT2D eigenvalue weighted by atomic mass is 16.5. The van der Waals surface area contributed by atoms with E-state index in [1.165, 1.54) is 0 Å². The van der Waals surface area contributed by atoms with Crippen LogP contribution in [0.15, 0.2) is 36.4 Å². The maximum Gasteiger partial charge on any atom is 0.150 e. The molecule has 0 heterocycles. The summed E-state index contributed by atoms with van der Waals surface area (Å²) in [5.41, 5.74) is 5.18. The van der Waals surface area contributed by atoms with Crippen LogP contribution in [0, 0.1) is 0 Å². The van der Waals surface area contributed by atoms with Crippen LogP contribution in [0.25, 0.3) is 0 Å². The van der Waals surface area contributed by atoms with Crippen molar-refractivity contribution in [3.8, 4) is 0 Å². The van der Waals surface area contributed by atoms with Gasteiger partial charge in [0.1, 0.15) is 18.2 Å². The molecule has 0 radical (unpaired) electrons. The van der Waals surface area contributed by atoms with E-state index < -0.39 is 5.60 Å². The average molecular weight is 294 g/mol. The summed E-state index contributed by atoms with van der Waals surface area (Å²) in [5.74, 6) is 0. The SMILES string of the molecule is COC1(C)c2ccc(C=O)cc2CCc2cc(C=O)ccc21. The molecule has 112 valence electrons. The second kappa shape index (κ2) is 5.50. The molecule has 0 N–H and O–H groups in total. The molecule has 1 aliphatic carbocycles.